The molecule has 0 fully saturated rings. The number of aryl methyl sites for hydroxylation is 4. The molecule has 0 bridgehead atoms. The van der Waals surface area contributed by atoms with E-state index in [2.05, 4.69) is 95.9 Å². The molecule has 2 aromatic rings. The Bertz CT molecular complexity index is 1790. The third-order valence-corrected chi connectivity index (χ3v) is 16.1. The van der Waals surface area contributed by atoms with Crippen molar-refractivity contribution in [1.82, 2.24) is 0 Å². The molecule has 2 heteroatoms. The van der Waals surface area contributed by atoms with Gasteiger partial charge >= 0.3 is 0 Å². The van der Waals surface area contributed by atoms with Gasteiger partial charge in [-0.2, -0.15) is 0 Å². The number of nitrogens with one attached hydrogen (secondary N) is 1. The maximum absolute atomic E-state index is 10.4. The van der Waals surface area contributed by atoms with Gasteiger partial charge in [-0.05, 0) is 111 Å². The van der Waals surface area contributed by atoms with Crippen molar-refractivity contribution in [2.45, 2.75) is 343 Å². The number of benzene rings is 2. The Morgan fingerprint density at radius 1 is 0.351 bits per heavy atom. The van der Waals surface area contributed by atoms with Crippen LogP contribution in [0, 0.1) is 11.8 Å². The molecule has 1 N–H and O–H groups in total. The van der Waals surface area contributed by atoms with Crippen LogP contribution in [0.5, 0.6) is 0 Å². The van der Waals surface area contributed by atoms with E-state index in [0.29, 0.717) is 0 Å². The topological polar surface area (TPSA) is 26.8 Å². The molecule has 1 aliphatic heterocycles. The summed E-state index contributed by atoms with van der Waals surface area (Å²) in [6, 6.07) is 15.0. The number of unbranched alkanes of at least 4 members (excludes halogenated alkanes) is 37. The lowest BCUT2D eigenvalue weighted by Crippen LogP contribution is -2.13. The molecule has 0 radical (unpaired) electrons. The van der Waals surface area contributed by atoms with Gasteiger partial charge in [0.05, 0.1) is 5.57 Å². The molecular weight excluding hydrogens is 893 g/mol. The van der Waals surface area contributed by atoms with E-state index in [-0.39, 0.29) is 0 Å². The quantitative estimate of drug-likeness (QED) is 0.0359. The Hall–Kier alpha value is -3.05. The van der Waals surface area contributed by atoms with Crippen molar-refractivity contribution in [2.24, 2.45) is 0 Å². The van der Waals surface area contributed by atoms with Crippen LogP contribution in [-0.4, -0.2) is 10.4 Å². The van der Waals surface area contributed by atoms with Crippen LogP contribution >= 0.6 is 0 Å². The van der Waals surface area contributed by atoms with E-state index in [1.807, 2.05) is 4.68 Å². The van der Waals surface area contributed by atoms with E-state index in [0.717, 1.165) is 61.9 Å². The molecule has 0 unspecified atom stereocenters. The molecule has 0 aliphatic carbocycles. The Balaban J connectivity index is 2.06. The molecule has 1 heterocycles. The lowest BCUT2D eigenvalue weighted by atomic mass is 9.90. The van der Waals surface area contributed by atoms with E-state index < -0.39 is 0 Å². The first-order valence-electron chi connectivity index (χ1n) is 33.1. The van der Waals surface area contributed by atoms with Crippen molar-refractivity contribution < 1.29 is 4.68 Å². The molecular formula is C72H120N2. The Morgan fingerprint density at radius 3 is 0.973 bits per heavy atom. The highest BCUT2D eigenvalue weighted by molar-refractivity contribution is 6.17. The van der Waals surface area contributed by atoms with Crippen LogP contribution in [0.2, 0.25) is 0 Å². The van der Waals surface area contributed by atoms with E-state index in [1.54, 1.807) is 0 Å². The van der Waals surface area contributed by atoms with Crippen LogP contribution in [-0.2, 0) is 25.7 Å². The van der Waals surface area contributed by atoms with Gasteiger partial charge in [-0.3, -0.25) is 0 Å². The molecule has 2 aromatic carbocycles. The van der Waals surface area contributed by atoms with E-state index in [1.165, 1.54) is 296 Å². The summed E-state index contributed by atoms with van der Waals surface area (Å²) in [6.45, 7) is 13.9. The van der Waals surface area contributed by atoms with Gasteiger partial charge in [0.2, 0.25) is 11.4 Å². The number of hydrogen-bond acceptors (Lipinski definition) is 0. The molecule has 0 amide bonds. The SMILES string of the molecule is CCCC=C1C(C#CCCCCCCCCCCCCCC)=C(c2cc(CCCCCCCCC)cc(CCCCCCCCC)c2)[N+]([NH-])=C1c1cc(CCCCCCCCC)cc(CCCCCCCCC)c1. The number of allylic oxidation sites excluding steroid dienone is 3. The van der Waals surface area contributed by atoms with Crippen LogP contribution in [0.3, 0.4) is 0 Å². The second kappa shape index (κ2) is 45.0. The summed E-state index contributed by atoms with van der Waals surface area (Å²) in [5.74, 6) is 18.1. The number of rotatable bonds is 48. The van der Waals surface area contributed by atoms with Gasteiger partial charge in [-0.15, -0.1) is 0 Å². The second-order valence-corrected chi connectivity index (χ2v) is 23.3. The zero-order valence-electron chi connectivity index (χ0n) is 50.2. The first-order chi connectivity index (χ1) is 36.5. The number of nitrogens with zero attached hydrogens (tertiary/aromatic N) is 1. The summed E-state index contributed by atoms with van der Waals surface area (Å²) in [5, 5.41) is 0. The van der Waals surface area contributed by atoms with Crippen molar-refractivity contribution >= 4 is 11.4 Å². The molecule has 0 atom stereocenters. The van der Waals surface area contributed by atoms with Crippen LogP contribution in [0.4, 0.5) is 0 Å². The van der Waals surface area contributed by atoms with Crippen molar-refractivity contribution in [2.75, 3.05) is 0 Å². The maximum atomic E-state index is 10.4. The first kappa shape index (κ1) is 65.2. The van der Waals surface area contributed by atoms with E-state index >= 15 is 0 Å². The molecule has 0 saturated heterocycles. The number of hydrogen-bond donors (Lipinski definition) is 0. The Morgan fingerprint density at radius 2 is 0.649 bits per heavy atom. The summed E-state index contributed by atoms with van der Waals surface area (Å²) < 4.78 is 1.88. The van der Waals surface area contributed by atoms with Crippen molar-refractivity contribution in [1.29, 1.82) is 0 Å². The minimum absolute atomic E-state index is 0.931. The summed E-state index contributed by atoms with van der Waals surface area (Å²) in [5.41, 5.74) is 12.7. The Kier molecular flexibility index (Phi) is 39.7. The maximum Gasteiger partial charge on any atom is 0.225 e. The average molecular weight is 1010 g/mol. The summed E-state index contributed by atoms with van der Waals surface area (Å²) in [4.78, 5) is 0. The van der Waals surface area contributed by atoms with Gasteiger partial charge in [-0.1, -0.05) is 303 Å². The fourth-order valence-electron chi connectivity index (χ4n) is 11.5. The van der Waals surface area contributed by atoms with Crippen LogP contribution < -0.4 is 0 Å². The van der Waals surface area contributed by atoms with Crippen molar-refractivity contribution in [3.05, 3.63) is 92.8 Å². The highest BCUT2D eigenvalue weighted by atomic mass is 15.3. The third kappa shape index (κ3) is 28.9. The lowest BCUT2D eigenvalue weighted by molar-refractivity contribution is -0.347. The minimum atomic E-state index is 0.931. The normalized spacial score (nSPS) is 13.2. The Labute approximate surface area is 461 Å². The van der Waals surface area contributed by atoms with Gasteiger partial charge in [0, 0.05) is 17.5 Å². The summed E-state index contributed by atoms with van der Waals surface area (Å²) >= 11 is 0. The van der Waals surface area contributed by atoms with Gasteiger partial charge < -0.3 is 5.84 Å². The zero-order chi connectivity index (χ0) is 52.9. The standard InChI is InChI=1S/C72H120N2/c1-7-13-19-24-29-30-31-32-33-34-35-40-45-50-56-70-69(55-18-12-6)71(67-59-63(51-46-41-36-25-20-14-8-2)57-64(60-67)52-47-42-37-26-21-15-9-3)74(73)72(70)68-61-65(53-48-43-38-27-22-16-10-4)58-66(62-68)54-49-44-39-28-23-17-11-5/h55,57-62,73H,7-49,51-54H2,1-6H3. The predicted molar refractivity (Wildman–Crippen MR) is 332 cm³/mol. The van der Waals surface area contributed by atoms with Crippen LogP contribution in [0.15, 0.2) is 53.6 Å². The van der Waals surface area contributed by atoms with Crippen LogP contribution in [0.1, 0.15) is 351 Å². The highest BCUT2D eigenvalue weighted by Gasteiger charge is 2.35. The predicted octanol–water partition coefficient (Wildman–Crippen LogP) is 23.9. The lowest BCUT2D eigenvalue weighted by Gasteiger charge is -2.14. The van der Waals surface area contributed by atoms with Gasteiger partial charge in [0.15, 0.2) is 0 Å². The van der Waals surface area contributed by atoms with Gasteiger partial charge in [0.1, 0.15) is 5.57 Å². The second-order valence-electron chi connectivity index (χ2n) is 23.3. The van der Waals surface area contributed by atoms with E-state index in [4.69, 9.17) is 0 Å². The fourth-order valence-corrected chi connectivity index (χ4v) is 11.5. The molecule has 2 nitrogen and oxygen atoms in total. The first-order valence-corrected chi connectivity index (χ1v) is 33.1. The minimum Gasteiger partial charge on any atom is -0.448 e. The summed E-state index contributed by atoms with van der Waals surface area (Å²) in [6.07, 6.45) is 63.6. The zero-order valence-corrected chi connectivity index (χ0v) is 50.2. The molecule has 1 aliphatic rings. The van der Waals surface area contributed by atoms with Crippen molar-refractivity contribution in [3.63, 3.8) is 0 Å². The van der Waals surface area contributed by atoms with Crippen LogP contribution in [0.25, 0.3) is 11.5 Å². The molecule has 3 rings (SSSR count). The fraction of sp³-hybridized carbons (Fsp3) is 0.736. The highest BCUT2D eigenvalue weighted by Crippen LogP contribution is 2.37. The average Bonchev–Trinajstić information content (AvgIpc) is 3.68. The molecule has 0 saturated carbocycles. The smallest absolute Gasteiger partial charge is 0.225 e. The van der Waals surface area contributed by atoms with E-state index in [9.17, 15) is 5.84 Å². The monoisotopic (exact) mass is 1010 g/mol. The molecule has 0 spiro atoms. The molecule has 418 valence electrons. The third-order valence-electron chi connectivity index (χ3n) is 16.1. The van der Waals surface area contributed by atoms with Gasteiger partial charge in [0.25, 0.3) is 0 Å². The summed E-state index contributed by atoms with van der Waals surface area (Å²) in [7, 11) is 0. The molecule has 0 aromatic heterocycles. The molecule has 74 heavy (non-hydrogen) atoms. The van der Waals surface area contributed by atoms with Gasteiger partial charge in [-0.25, -0.2) is 4.68 Å². The largest absolute Gasteiger partial charge is 0.448 e. The van der Waals surface area contributed by atoms with Crippen molar-refractivity contribution in [3.8, 4) is 11.8 Å².